The van der Waals surface area contributed by atoms with E-state index in [2.05, 4.69) is 126 Å². The van der Waals surface area contributed by atoms with E-state index in [-0.39, 0.29) is 0 Å². The summed E-state index contributed by atoms with van der Waals surface area (Å²) in [5, 5.41) is 4.96. The summed E-state index contributed by atoms with van der Waals surface area (Å²) in [5.41, 5.74) is 8.26. The Morgan fingerprint density at radius 1 is 0.556 bits per heavy atom. The molecule has 36 heavy (non-hydrogen) atoms. The first-order valence-corrected chi connectivity index (χ1v) is 13.0. The van der Waals surface area contributed by atoms with Crippen molar-refractivity contribution < 1.29 is 0 Å². The predicted octanol–water partition coefficient (Wildman–Crippen LogP) is 9.37. The van der Waals surface area contributed by atoms with Crippen LogP contribution in [-0.4, -0.2) is 9.55 Å². The minimum atomic E-state index is 1.04. The van der Waals surface area contributed by atoms with Gasteiger partial charge in [-0.2, -0.15) is 0 Å². The van der Waals surface area contributed by atoms with Gasteiger partial charge in [-0.15, -0.1) is 11.3 Å². The number of fused-ring (bicyclic) bond motifs is 7. The molecule has 168 valence electrons. The molecule has 0 aliphatic rings. The summed E-state index contributed by atoms with van der Waals surface area (Å²) >= 11 is 1.84. The van der Waals surface area contributed by atoms with Crippen LogP contribution in [0.2, 0.25) is 0 Å². The van der Waals surface area contributed by atoms with Gasteiger partial charge in [0.15, 0.2) is 0 Å². The van der Waals surface area contributed by atoms with E-state index < -0.39 is 0 Å². The van der Waals surface area contributed by atoms with Gasteiger partial charge in [-0.25, -0.2) is 4.98 Å². The number of rotatable bonds is 2. The lowest BCUT2D eigenvalue weighted by Crippen LogP contribution is -1.93. The molecule has 3 aromatic heterocycles. The van der Waals surface area contributed by atoms with E-state index in [1.807, 2.05) is 11.3 Å². The van der Waals surface area contributed by atoms with Gasteiger partial charge >= 0.3 is 0 Å². The molecule has 0 radical (unpaired) electrons. The Labute approximate surface area is 211 Å². The van der Waals surface area contributed by atoms with Crippen molar-refractivity contribution >= 4 is 64.3 Å². The van der Waals surface area contributed by atoms with Crippen molar-refractivity contribution in [3.8, 4) is 16.8 Å². The van der Waals surface area contributed by atoms with E-state index in [9.17, 15) is 0 Å². The highest BCUT2D eigenvalue weighted by Crippen LogP contribution is 2.44. The molecule has 3 heteroatoms. The van der Waals surface area contributed by atoms with E-state index in [0.29, 0.717) is 0 Å². The zero-order chi connectivity index (χ0) is 23.6. The summed E-state index contributed by atoms with van der Waals surface area (Å²) in [7, 11) is 0. The van der Waals surface area contributed by atoms with Gasteiger partial charge in [0.2, 0.25) is 0 Å². The Morgan fingerprint density at radius 2 is 1.25 bits per heavy atom. The predicted molar refractivity (Wildman–Crippen MR) is 154 cm³/mol. The van der Waals surface area contributed by atoms with Crippen LogP contribution in [0.3, 0.4) is 0 Å². The van der Waals surface area contributed by atoms with Crippen LogP contribution in [-0.2, 0) is 0 Å². The summed E-state index contributed by atoms with van der Waals surface area (Å²) in [4.78, 5) is 5.11. The molecule has 8 aromatic rings. The molecule has 0 spiro atoms. The van der Waals surface area contributed by atoms with E-state index in [0.717, 1.165) is 11.0 Å². The van der Waals surface area contributed by atoms with Gasteiger partial charge in [-0.1, -0.05) is 78.9 Å². The van der Waals surface area contributed by atoms with Gasteiger partial charge in [-0.3, -0.25) is 0 Å². The Kier molecular flexibility index (Phi) is 4.13. The number of hydrogen-bond donors (Lipinski definition) is 0. The Morgan fingerprint density at radius 3 is 2.14 bits per heavy atom. The number of hydrogen-bond acceptors (Lipinski definition) is 2. The highest BCUT2D eigenvalue weighted by Gasteiger charge is 2.18. The molecule has 0 unspecified atom stereocenters. The number of benzene rings is 5. The van der Waals surface area contributed by atoms with Crippen molar-refractivity contribution in [2.24, 2.45) is 0 Å². The van der Waals surface area contributed by atoms with Crippen LogP contribution < -0.4 is 0 Å². The van der Waals surface area contributed by atoms with Gasteiger partial charge < -0.3 is 4.57 Å². The average Bonchev–Trinajstić information content (AvgIpc) is 3.47. The molecule has 3 heterocycles. The van der Waals surface area contributed by atoms with Gasteiger partial charge in [0.05, 0.1) is 26.8 Å². The second kappa shape index (κ2) is 7.51. The third kappa shape index (κ3) is 2.75. The smallest absolute Gasteiger partial charge is 0.0902 e. The van der Waals surface area contributed by atoms with Crippen LogP contribution in [0.15, 0.2) is 121 Å². The lowest BCUT2D eigenvalue weighted by atomic mass is 9.98. The second-order valence-corrected chi connectivity index (χ2v) is 10.3. The molecule has 0 aliphatic carbocycles. The lowest BCUT2D eigenvalue weighted by Gasteiger charge is -2.10. The molecule has 2 nitrogen and oxygen atoms in total. The van der Waals surface area contributed by atoms with Gasteiger partial charge in [0.25, 0.3) is 0 Å². The van der Waals surface area contributed by atoms with E-state index in [1.54, 1.807) is 0 Å². The van der Waals surface area contributed by atoms with Crippen LogP contribution in [0.25, 0.3) is 69.8 Å². The number of para-hydroxylation sites is 3. The topological polar surface area (TPSA) is 17.8 Å². The number of aromatic nitrogens is 2. The van der Waals surface area contributed by atoms with E-state index in [4.69, 9.17) is 4.98 Å². The molecule has 8 rings (SSSR count). The molecule has 0 amide bonds. The highest BCUT2D eigenvalue weighted by atomic mass is 32.1. The average molecular weight is 477 g/mol. The Hall–Kier alpha value is -4.47. The van der Waals surface area contributed by atoms with Crippen LogP contribution in [0.5, 0.6) is 0 Å². The molecule has 0 fully saturated rings. The zero-order valence-electron chi connectivity index (χ0n) is 19.3. The molecular formula is C33H20N2S. The standard InChI is InChI=1S/C33H20N2S/c1-2-10-22(11-3-1)35-28-16-8-5-12-23(28)26-20-21(18-19-29(26)35)31-24-13-4-7-15-27(24)34-32-25-14-6-9-17-30(25)36-33(31)32/h1-20H. The fourth-order valence-corrected chi connectivity index (χ4v) is 6.83. The summed E-state index contributed by atoms with van der Waals surface area (Å²) in [6, 6.07) is 43.4. The quantitative estimate of drug-likeness (QED) is 0.243. The summed E-state index contributed by atoms with van der Waals surface area (Å²) in [6.45, 7) is 0. The molecule has 0 bridgehead atoms. The first-order valence-electron chi connectivity index (χ1n) is 12.2. The molecule has 5 aromatic carbocycles. The second-order valence-electron chi connectivity index (χ2n) is 9.20. The fourth-order valence-electron chi connectivity index (χ4n) is 5.61. The van der Waals surface area contributed by atoms with Crippen molar-refractivity contribution in [1.82, 2.24) is 9.55 Å². The molecule has 0 saturated heterocycles. The first kappa shape index (κ1) is 19.8. The summed E-state index contributed by atoms with van der Waals surface area (Å²) < 4.78 is 4.90. The maximum atomic E-state index is 5.11. The molecule has 0 aliphatic heterocycles. The SMILES string of the molecule is c1ccc(-n2c3ccccc3c3cc(-c4c5ccccc5nc5c4sc4ccccc45)ccc32)cc1. The van der Waals surface area contributed by atoms with Gasteiger partial charge in [-0.05, 0) is 48.0 Å². The van der Waals surface area contributed by atoms with Crippen LogP contribution in [0.1, 0.15) is 0 Å². The Balaban J connectivity index is 1.50. The third-order valence-corrected chi connectivity index (χ3v) is 8.36. The summed E-state index contributed by atoms with van der Waals surface area (Å²) in [6.07, 6.45) is 0. The molecule has 0 saturated carbocycles. The maximum Gasteiger partial charge on any atom is 0.0902 e. The zero-order valence-corrected chi connectivity index (χ0v) is 20.2. The van der Waals surface area contributed by atoms with Crippen molar-refractivity contribution in [2.45, 2.75) is 0 Å². The van der Waals surface area contributed by atoms with Crippen molar-refractivity contribution in [1.29, 1.82) is 0 Å². The lowest BCUT2D eigenvalue weighted by molar-refractivity contribution is 1.18. The molecule has 0 atom stereocenters. The fraction of sp³-hybridized carbons (Fsp3) is 0. The Bertz CT molecular complexity index is 2100. The number of thiophene rings is 1. The molecule has 0 N–H and O–H groups in total. The number of nitrogens with zero attached hydrogens (tertiary/aromatic N) is 2. The van der Waals surface area contributed by atoms with Gasteiger partial charge in [0, 0.05) is 37.5 Å². The normalized spacial score (nSPS) is 11.9. The first-order chi connectivity index (χ1) is 17.9. The van der Waals surface area contributed by atoms with E-state index in [1.165, 1.54) is 58.8 Å². The van der Waals surface area contributed by atoms with Gasteiger partial charge in [0.1, 0.15) is 0 Å². The van der Waals surface area contributed by atoms with Crippen molar-refractivity contribution in [2.75, 3.05) is 0 Å². The van der Waals surface area contributed by atoms with Crippen LogP contribution >= 0.6 is 11.3 Å². The number of pyridine rings is 1. The van der Waals surface area contributed by atoms with Crippen molar-refractivity contribution in [3.05, 3.63) is 121 Å². The minimum absolute atomic E-state index is 1.04. The van der Waals surface area contributed by atoms with Crippen LogP contribution in [0, 0.1) is 0 Å². The highest BCUT2D eigenvalue weighted by molar-refractivity contribution is 7.26. The minimum Gasteiger partial charge on any atom is -0.309 e. The van der Waals surface area contributed by atoms with E-state index >= 15 is 0 Å². The monoisotopic (exact) mass is 476 g/mol. The third-order valence-electron chi connectivity index (χ3n) is 7.18. The van der Waals surface area contributed by atoms with Crippen molar-refractivity contribution in [3.63, 3.8) is 0 Å². The maximum absolute atomic E-state index is 5.11. The largest absolute Gasteiger partial charge is 0.309 e. The summed E-state index contributed by atoms with van der Waals surface area (Å²) in [5.74, 6) is 0. The van der Waals surface area contributed by atoms with Crippen LogP contribution in [0.4, 0.5) is 0 Å². The molecular weight excluding hydrogens is 456 g/mol.